The molecule has 288 valence electrons. The molecular formula is C39H27N3O15. The zero-order valence-corrected chi connectivity index (χ0v) is 28.9. The molecular weight excluding hydrogens is 750 g/mol. The molecule has 0 fully saturated rings. The standard InChI is InChI=1S/3C13H9NO5/c3*15-13(16)11-3-1-2-4-12(11)19-10-7-5-9(6-8-10)14(17)18/h3*1-8H,(H,15,16). The van der Waals surface area contributed by atoms with Gasteiger partial charge in [0.05, 0.1) is 14.8 Å². The topological polar surface area (TPSA) is 269 Å². The number of nitro groups is 3. The van der Waals surface area contributed by atoms with Crippen LogP contribution in [-0.4, -0.2) is 48.0 Å². The van der Waals surface area contributed by atoms with Gasteiger partial charge in [0.1, 0.15) is 51.2 Å². The number of rotatable bonds is 12. The highest BCUT2D eigenvalue weighted by Crippen LogP contribution is 2.29. The second-order valence-electron chi connectivity index (χ2n) is 11.0. The molecule has 18 nitrogen and oxygen atoms in total. The molecule has 0 saturated heterocycles. The number of nitrogens with zero attached hydrogens (tertiary/aromatic N) is 3. The zero-order chi connectivity index (χ0) is 41.5. The van der Waals surface area contributed by atoms with Gasteiger partial charge in [-0.2, -0.15) is 0 Å². The summed E-state index contributed by atoms with van der Waals surface area (Å²) in [5, 5.41) is 58.5. The highest BCUT2D eigenvalue weighted by Gasteiger charge is 2.14. The molecule has 3 N–H and O–H groups in total. The quantitative estimate of drug-likeness (QED) is 0.0771. The number of carbonyl (C=O) groups is 3. The third-order valence-electron chi connectivity index (χ3n) is 7.18. The van der Waals surface area contributed by atoms with Crippen LogP contribution in [0.2, 0.25) is 0 Å². The predicted molar refractivity (Wildman–Crippen MR) is 200 cm³/mol. The minimum atomic E-state index is -1.10. The van der Waals surface area contributed by atoms with Crippen molar-refractivity contribution in [3.63, 3.8) is 0 Å². The van der Waals surface area contributed by atoms with Gasteiger partial charge in [0.25, 0.3) is 17.1 Å². The van der Waals surface area contributed by atoms with Crippen LogP contribution < -0.4 is 14.2 Å². The number of nitro benzene ring substituents is 3. The largest absolute Gasteiger partial charge is 0.478 e. The second kappa shape index (κ2) is 19.4. The van der Waals surface area contributed by atoms with E-state index < -0.39 is 32.7 Å². The van der Waals surface area contributed by atoms with E-state index in [2.05, 4.69) is 0 Å². The third-order valence-corrected chi connectivity index (χ3v) is 7.18. The molecule has 0 aliphatic rings. The lowest BCUT2D eigenvalue weighted by Crippen LogP contribution is -1.99. The number of carboxylic acid groups (broad SMARTS) is 3. The average Bonchev–Trinajstić information content (AvgIpc) is 3.19. The van der Waals surface area contributed by atoms with Crippen molar-refractivity contribution in [2.75, 3.05) is 0 Å². The van der Waals surface area contributed by atoms with E-state index in [1.54, 1.807) is 36.4 Å². The van der Waals surface area contributed by atoms with Crippen LogP contribution in [0.25, 0.3) is 0 Å². The summed E-state index contributed by atoms with van der Waals surface area (Å²) in [6.45, 7) is 0. The number of ether oxygens (including phenoxy) is 3. The molecule has 0 amide bonds. The highest BCUT2D eigenvalue weighted by molar-refractivity contribution is 5.92. The Morgan fingerprint density at radius 1 is 0.368 bits per heavy atom. The van der Waals surface area contributed by atoms with Gasteiger partial charge >= 0.3 is 17.9 Å². The summed E-state index contributed by atoms with van der Waals surface area (Å²) in [5.74, 6) is -1.75. The van der Waals surface area contributed by atoms with Crippen LogP contribution >= 0.6 is 0 Å². The van der Waals surface area contributed by atoms with Crippen molar-refractivity contribution in [3.05, 3.63) is 193 Å². The van der Waals surface area contributed by atoms with Crippen LogP contribution in [0.1, 0.15) is 31.1 Å². The summed E-state index contributed by atoms with van der Waals surface area (Å²) in [6, 6.07) is 34.7. The van der Waals surface area contributed by atoms with Crippen molar-refractivity contribution in [2.24, 2.45) is 0 Å². The Balaban J connectivity index is 0.000000189. The van der Waals surface area contributed by atoms with Crippen molar-refractivity contribution in [2.45, 2.75) is 0 Å². The summed E-state index contributed by atoms with van der Waals surface area (Å²) < 4.78 is 16.2. The second-order valence-corrected chi connectivity index (χ2v) is 11.0. The van der Waals surface area contributed by atoms with Gasteiger partial charge in [0.15, 0.2) is 0 Å². The van der Waals surface area contributed by atoms with Crippen molar-refractivity contribution >= 4 is 35.0 Å². The smallest absolute Gasteiger partial charge is 0.339 e. The van der Waals surface area contributed by atoms with Crippen LogP contribution in [0, 0.1) is 30.3 Å². The Bertz CT molecular complexity index is 2130. The maximum atomic E-state index is 11.0. The fourth-order valence-corrected chi connectivity index (χ4v) is 4.49. The van der Waals surface area contributed by atoms with E-state index in [1.807, 2.05) is 0 Å². The van der Waals surface area contributed by atoms with Gasteiger partial charge in [0.2, 0.25) is 0 Å². The SMILES string of the molecule is O=C(O)c1ccccc1Oc1ccc([N+](=O)[O-])cc1.O=C(O)c1ccccc1Oc1ccc([N+](=O)[O-])cc1.O=C(O)c1ccccc1Oc1ccc([N+](=O)[O-])cc1. The number of carboxylic acids is 3. The first-order chi connectivity index (χ1) is 27.2. The summed E-state index contributed by atoms with van der Waals surface area (Å²) in [6.07, 6.45) is 0. The fourth-order valence-electron chi connectivity index (χ4n) is 4.49. The monoisotopic (exact) mass is 777 g/mol. The van der Waals surface area contributed by atoms with Gasteiger partial charge in [-0.1, -0.05) is 36.4 Å². The molecule has 0 bridgehead atoms. The van der Waals surface area contributed by atoms with Gasteiger partial charge in [-0.15, -0.1) is 0 Å². The molecule has 0 saturated carbocycles. The van der Waals surface area contributed by atoms with E-state index in [1.165, 1.54) is 109 Å². The minimum Gasteiger partial charge on any atom is -0.478 e. The Kier molecular flexibility index (Phi) is 14.0. The maximum absolute atomic E-state index is 11.0. The number of aromatic carboxylic acids is 3. The lowest BCUT2D eigenvalue weighted by atomic mass is 10.2. The highest BCUT2D eigenvalue weighted by atomic mass is 16.6. The van der Waals surface area contributed by atoms with Crippen LogP contribution in [0.15, 0.2) is 146 Å². The molecule has 0 atom stereocenters. The van der Waals surface area contributed by atoms with Crippen molar-refractivity contribution in [3.8, 4) is 34.5 Å². The molecule has 0 aromatic heterocycles. The first-order valence-electron chi connectivity index (χ1n) is 16.0. The third kappa shape index (κ3) is 11.9. The van der Waals surface area contributed by atoms with E-state index in [0.717, 1.165) is 0 Å². The van der Waals surface area contributed by atoms with Crippen molar-refractivity contribution < 1.29 is 58.7 Å². The lowest BCUT2D eigenvalue weighted by molar-refractivity contribution is -0.385. The van der Waals surface area contributed by atoms with Crippen molar-refractivity contribution in [1.82, 2.24) is 0 Å². The van der Waals surface area contributed by atoms with Crippen molar-refractivity contribution in [1.29, 1.82) is 0 Å². The Morgan fingerprint density at radius 3 is 0.772 bits per heavy atom. The maximum Gasteiger partial charge on any atom is 0.339 e. The van der Waals surface area contributed by atoms with E-state index >= 15 is 0 Å². The zero-order valence-electron chi connectivity index (χ0n) is 28.9. The molecule has 18 heteroatoms. The molecule has 6 aromatic carbocycles. The van der Waals surface area contributed by atoms with Gasteiger partial charge in [-0.3, -0.25) is 30.3 Å². The summed E-state index contributed by atoms with van der Waals surface area (Å²) >= 11 is 0. The number of hydrogen-bond donors (Lipinski definition) is 3. The number of hydrogen-bond acceptors (Lipinski definition) is 12. The lowest BCUT2D eigenvalue weighted by Gasteiger charge is -2.07. The number of para-hydroxylation sites is 3. The van der Waals surface area contributed by atoms with Gasteiger partial charge in [0, 0.05) is 36.4 Å². The first kappa shape index (κ1) is 41.1. The number of non-ortho nitro benzene ring substituents is 3. The number of benzene rings is 6. The fraction of sp³-hybridized carbons (Fsp3) is 0. The molecule has 57 heavy (non-hydrogen) atoms. The Morgan fingerprint density at radius 2 is 0.579 bits per heavy atom. The normalized spacial score (nSPS) is 9.89. The molecule has 6 aromatic rings. The van der Waals surface area contributed by atoms with E-state index in [4.69, 9.17) is 29.5 Å². The van der Waals surface area contributed by atoms with Crippen LogP contribution in [-0.2, 0) is 0 Å². The average molecular weight is 778 g/mol. The van der Waals surface area contributed by atoms with Gasteiger partial charge in [-0.05, 0) is 72.8 Å². The summed E-state index contributed by atoms with van der Waals surface area (Å²) in [7, 11) is 0. The predicted octanol–water partition coefficient (Wildman–Crippen LogP) is 9.26. The van der Waals surface area contributed by atoms with Crippen LogP contribution in [0.3, 0.4) is 0 Å². The molecule has 0 unspecified atom stereocenters. The molecule has 0 aliphatic heterocycles. The molecule has 0 heterocycles. The Hall–Kier alpha value is -8.67. The molecule has 0 radical (unpaired) electrons. The van der Waals surface area contributed by atoms with E-state index in [0.29, 0.717) is 17.2 Å². The van der Waals surface area contributed by atoms with Crippen LogP contribution in [0.4, 0.5) is 17.1 Å². The van der Waals surface area contributed by atoms with Crippen LogP contribution in [0.5, 0.6) is 34.5 Å². The van der Waals surface area contributed by atoms with Gasteiger partial charge in [-0.25, -0.2) is 14.4 Å². The molecule has 0 spiro atoms. The minimum absolute atomic E-state index is 0.0286. The molecule has 6 rings (SSSR count). The van der Waals surface area contributed by atoms with Gasteiger partial charge < -0.3 is 29.5 Å². The van der Waals surface area contributed by atoms with E-state index in [9.17, 15) is 44.7 Å². The Labute approximate surface area is 320 Å². The molecule has 0 aliphatic carbocycles. The summed E-state index contributed by atoms with van der Waals surface area (Å²) in [4.78, 5) is 62.9. The summed E-state index contributed by atoms with van der Waals surface area (Å²) in [5.41, 5.74) is -0.0841. The van der Waals surface area contributed by atoms with E-state index in [-0.39, 0.29) is 51.0 Å². The first-order valence-corrected chi connectivity index (χ1v) is 16.0.